The van der Waals surface area contributed by atoms with Gasteiger partial charge in [0.2, 0.25) is 5.76 Å². The number of carbonyl (C=O) groups excluding carboxylic acids is 1. The highest BCUT2D eigenvalue weighted by Gasteiger charge is 2.39. The molecular formula is C19H13F3N4O3. The number of aromatic nitrogens is 3. The molecule has 1 atom stereocenters. The minimum atomic E-state index is -4.56. The largest absolute Gasteiger partial charge is 0.458 e. The SMILES string of the molecule is O=C(c1cnco1)N1CCc2[nH]cnc2[C@H]1c1cc2cccc(C(F)(F)F)c2o1. The van der Waals surface area contributed by atoms with Gasteiger partial charge < -0.3 is 18.7 Å². The minimum Gasteiger partial charge on any atom is -0.458 e. The summed E-state index contributed by atoms with van der Waals surface area (Å²) >= 11 is 0. The first-order chi connectivity index (χ1) is 13.9. The number of fused-ring (bicyclic) bond motifs is 2. The normalized spacial score (nSPS) is 16.9. The Hall–Kier alpha value is -3.56. The molecule has 29 heavy (non-hydrogen) atoms. The Balaban J connectivity index is 1.66. The lowest BCUT2D eigenvalue weighted by Crippen LogP contribution is -2.40. The number of nitrogens with one attached hydrogen (secondary N) is 1. The van der Waals surface area contributed by atoms with E-state index in [1.165, 1.54) is 35.6 Å². The van der Waals surface area contributed by atoms with Crippen LogP contribution in [-0.2, 0) is 12.6 Å². The first kappa shape index (κ1) is 17.5. The molecule has 10 heteroatoms. The zero-order valence-corrected chi connectivity index (χ0v) is 14.7. The van der Waals surface area contributed by atoms with Crippen molar-refractivity contribution < 1.29 is 26.8 Å². The maximum absolute atomic E-state index is 13.4. The molecule has 4 heterocycles. The molecule has 5 rings (SSSR count). The molecule has 0 bridgehead atoms. The molecule has 7 nitrogen and oxygen atoms in total. The van der Waals surface area contributed by atoms with Crippen LogP contribution in [0.2, 0.25) is 0 Å². The van der Waals surface area contributed by atoms with Crippen LogP contribution < -0.4 is 0 Å². The summed E-state index contributed by atoms with van der Waals surface area (Å²) in [5.41, 5.74) is 0.182. The van der Waals surface area contributed by atoms with Crippen LogP contribution in [0.3, 0.4) is 0 Å². The van der Waals surface area contributed by atoms with Crippen molar-refractivity contribution in [3.05, 3.63) is 71.7 Å². The lowest BCUT2D eigenvalue weighted by molar-refractivity contribution is -0.136. The van der Waals surface area contributed by atoms with Crippen molar-refractivity contribution in [2.45, 2.75) is 18.6 Å². The summed E-state index contributed by atoms with van der Waals surface area (Å²) in [4.78, 5) is 25.5. The van der Waals surface area contributed by atoms with Crippen molar-refractivity contribution >= 4 is 16.9 Å². The number of para-hydroxylation sites is 1. The predicted octanol–water partition coefficient (Wildman–Crippen LogP) is 3.95. The van der Waals surface area contributed by atoms with E-state index in [-0.39, 0.29) is 17.1 Å². The topological polar surface area (TPSA) is 88.2 Å². The van der Waals surface area contributed by atoms with Crippen LogP contribution in [-0.4, -0.2) is 32.3 Å². The third-order valence-corrected chi connectivity index (χ3v) is 4.97. The number of hydrogen-bond acceptors (Lipinski definition) is 5. The fourth-order valence-electron chi connectivity index (χ4n) is 3.69. The van der Waals surface area contributed by atoms with Gasteiger partial charge in [0.15, 0.2) is 6.39 Å². The zero-order valence-electron chi connectivity index (χ0n) is 14.7. The summed E-state index contributed by atoms with van der Waals surface area (Å²) in [6, 6.07) is 4.54. The molecule has 1 aromatic carbocycles. The number of amides is 1. The quantitative estimate of drug-likeness (QED) is 0.549. The number of halogens is 3. The number of carbonyl (C=O) groups is 1. The fourth-order valence-corrected chi connectivity index (χ4v) is 3.69. The zero-order chi connectivity index (χ0) is 20.2. The van der Waals surface area contributed by atoms with Gasteiger partial charge in [-0.2, -0.15) is 13.2 Å². The molecule has 1 aliphatic rings. The van der Waals surface area contributed by atoms with Gasteiger partial charge in [-0.15, -0.1) is 0 Å². The monoisotopic (exact) mass is 402 g/mol. The number of furan rings is 1. The van der Waals surface area contributed by atoms with Gasteiger partial charge in [-0.25, -0.2) is 9.97 Å². The number of H-pyrrole nitrogens is 1. The van der Waals surface area contributed by atoms with Gasteiger partial charge in [0, 0.05) is 24.0 Å². The van der Waals surface area contributed by atoms with Crippen LogP contribution in [0.1, 0.15) is 39.3 Å². The number of rotatable bonds is 2. The Morgan fingerprint density at radius 3 is 2.93 bits per heavy atom. The van der Waals surface area contributed by atoms with Crippen LogP contribution in [0.5, 0.6) is 0 Å². The predicted molar refractivity (Wildman–Crippen MR) is 92.9 cm³/mol. The Morgan fingerprint density at radius 2 is 2.17 bits per heavy atom. The third-order valence-electron chi connectivity index (χ3n) is 4.97. The van der Waals surface area contributed by atoms with Gasteiger partial charge >= 0.3 is 6.18 Å². The highest BCUT2D eigenvalue weighted by Crippen LogP contribution is 2.40. The molecule has 1 aliphatic heterocycles. The molecule has 0 unspecified atom stereocenters. The van der Waals surface area contributed by atoms with E-state index in [9.17, 15) is 18.0 Å². The smallest absolute Gasteiger partial charge is 0.420 e. The summed E-state index contributed by atoms with van der Waals surface area (Å²) in [7, 11) is 0. The van der Waals surface area contributed by atoms with Gasteiger partial charge in [-0.05, 0) is 12.1 Å². The second-order valence-corrected chi connectivity index (χ2v) is 6.65. The molecule has 0 spiro atoms. The van der Waals surface area contributed by atoms with E-state index < -0.39 is 23.7 Å². The van der Waals surface area contributed by atoms with Crippen LogP contribution in [0.15, 0.2) is 52.0 Å². The second kappa shape index (κ2) is 6.23. The third kappa shape index (κ3) is 2.79. The van der Waals surface area contributed by atoms with Crippen LogP contribution in [0, 0.1) is 0 Å². The van der Waals surface area contributed by atoms with E-state index in [4.69, 9.17) is 8.83 Å². The second-order valence-electron chi connectivity index (χ2n) is 6.65. The van der Waals surface area contributed by atoms with E-state index in [0.29, 0.717) is 24.0 Å². The Kier molecular flexibility index (Phi) is 3.76. The maximum Gasteiger partial charge on any atom is 0.420 e. The van der Waals surface area contributed by atoms with Gasteiger partial charge in [0.25, 0.3) is 5.91 Å². The van der Waals surface area contributed by atoms with Crippen LogP contribution in [0.25, 0.3) is 11.0 Å². The van der Waals surface area contributed by atoms with E-state index in [1.54, 1.807) is 0 Å². The Labute approximate surface area is 161 Å². The average Bonchev–Trinajstić information content (AvgIpc) is 3.45. The number of alkyl halides is 3. The van der Waals surface area contributed by atoms with E-state index in [2.05, 4.69) is 15.0 Å². The van der Waals surface area contributed by atoms with Gasteiger partial charge in [0.05, 0.1) is 23.8 Å². The summed E-state index contributed by atoms with van der Waals surface area (Å²) in [6.07, 6.45) is -0.125. The van der Waals surface area contributed by atoms with Crippen molar-refractivity contribution in [1.82, 2.24) is 19.9 Å². The van der Waals surface area contributed by atoms with Crippen molar-refractivity contribution in [1.29, 1.82) is 0 Å². The molecule has 0 fully saturated rings. The molecule has 1 amide bonds. The molecule has 0 aliphatic carbocycles. The lowest BCUT2D eigenvalue weighted by Gasteiger charge is -2.33. The molecule has 0 saturated heterocycles. The number of benzene rings is 1. The lowest BCUT2D eigenvalue weighted by atomic mass is 10.00. The average molecular weight is 402 g/mol. The molecule has 0 radical (unpaired) electrons. The number of imidazole rings is 1. The minimum absolute atomic E-state index is 0.0288. The van der Waals surface area contributed by atoms with Crippen molar-refractivity contribution in [2.75, 3.05) is 6.54 Å². The van der Waals surface area contributed by atoms with Crippen LogP contribution in [0.4, 0.5) is 13.2 Å². The number of aromatic amines is 1. The van der Waals surface area contributed by atoms with E-state index in [0.717, 1.165) is 18.2 Å². The molecular weight excluding hydrogens is 389 g/mol. The van der Waals surface area contributed by atoms with Gasteiger partial charge in [0.1, 0.15) is 17.4 Å². The van der Waals surface area contributed by atoms with E-state index in [1.807, 2.05) is 0 Å². The molecule has 4 aromatic rings. The molecule has 0 saturated carbocycles. The highest BCUT2D eigenvalue weighted by molar-refractivity contribution is 5.92. The first-order valence-corrected chi connectivity index (χ1v) is 8.75. The summed E-state index contributed by atoms with van der Waals surface area (Å²) in [6.45, 7) is 0.308. The van der Waals surface area contributed by atoms with Crippen molar-refractivity contribution in [3.8, 4) is 0 Å². The maximum atomic E-state index is 13.4. The highest BCUT2D eigenvalue weighted by atomic mass is 19.4. The fraction of sp³-hybridized carbons (Fsp3) is 0.211. The first-order valence-electron chi connectivity index (χ1n) is 8.75. The standard InChI is InChI=1S/C19H13F3N4O3/c20-19(21,22)11-3-1-2-10-6-13(29-17(10)11)16-15-12(24-8-25-15)4-5-26(16)18(27)14-7-23-9-28-14/h1-3,6-9,16H,4-5H2,(H,24,25)/t16-/m1/s1. The van der Waals surface area contributed by atoms with Gasteiger partial charge in [-0.3, -0.25) is 4.79 Å². The van der Waals surface area contributed by atoms with Crippen LogP contribution >= 0.6 is 0 Å². The number of hydrogen-bond donors (Lipinski definition) is 1. The molecule has 1 N–H and O–H groups in total. The summed E-state index contributed by atoms with van der Waals surface area (Å²) in [5, 5.41) is 0.296. The molecule has 3 aromatic heterocycles. The number of oxazole rings is 1. The van der Waals surface area contributed by atoms with Crippen molar-refractivity contribution in [2.24, 2.45) is 0 Å². The Bertz CT molecular complexity index is 1190. The summed E-state index contributed by atoms with van der Waals surface area (Å²) in [5.74, 6) is -0.226. The number of nitrogens with zero attached hydrogens (tertiary/aromatic N) is 3. The Morgan fingerprint density at radius 1 is 1.31 bits per heavy atom. The molecule has 148 valence electrons. The van der Waals surface area contributed by atoms with E-state index >= 15 is 0 Å². The summed E-state index contributed by atoms with van der Waals surface area (Å²) < 4.78 is 51.0. The van der Waals surface area contributed by atoms with Crippen molar-refractivity contribution in [3.63, 3.8) is 0 Å². The van der Waals surface area contributed by atoms with Gasteiger partial charge in [-0.1, -0.05) is 12.1 Å².